The van der Waals surface area contributed by atoms with Crippen LogP contribution in [0.4, 0.5) is 5.69 Å². The van der Waals surface area contributed by atoms with Crippen LogP contribution in [0.15, 0.2) is 18.2 Å². The number of nitrogens with two attached hydrogens (primary N) is 2. The van der Waals surface area contributed by atoms with Crippen LogP contribution in [-0.2, 0) is 6.42 Å². The van der Waals surface area contributed by atoms with Crippen molar-refractivity contribution >= 4 is 11.6 Å². The largest absolute Gasteiger partial charge is 0.399 e. The molecule has 0 atom stereocenters. The van der Waals surface area contributed by atoms with Crippen molar-refractivity contribution in [1.29, 1.82) is 0 Å². The monoisotopic (exact) mass is 192 g/mol. The molecule has 0 aliphatic heterocycles. The summed E-state index contributed by atoms with van der Waals surface area (Å²) < 4.78 is 0. The molecule has 0 aliphatic carbocycles. The Morgan fingerprint density at radius 2 is 2.14 bits per heavy atom. The Kier molecular flexibility index (Phi) is 3.51. The summed E-state index contributed by atoms with van der Waals surface area (Å²) in [5.74, 6) is -0.379. The number of carbonyl (C=O) groups is 1. The molecule has 3 heteroatoms. The Bertz CT molecular complexity index is 334. The number of benzene rings is 1. The summed E-state index contributed by atoms with van der Waals surface area (Å²) in [4.78, 5) is 11.1. The molecule has 1 rings (SSSR count). The van der Waals surface area contributed by atoms with Gasteiger partial charge in [-0.1, -0.05) is 13.3 Å². The van der Waals surface area contributed by atoms with E-state index in [2.05, 4.69) is 6.92 Å². The number of anilines is 1. The second-order valence-corrected chi connectivity index (χ2v) is 3.38. The van der Waals surface area contributed by atoms with Gasteiger partial charge in [-0.2, -0.15) is 0 Å². The lowest BCUT2D eigenvalue weighted by atomic mass is 10.0. The predicted molar refractivity (Wildman–Crippen MR) is 58.0 cm³/mol. The summed E-state index contributed by atoms with van der Waals surface area (Å²) in [5, 5.41) is 0. The van der Waals surface area contributed by atoms with Gasteiger partial charge in [0.1, 0.15) is 0 Å². The minimum absolute atomic E-state index is 0.379. The van der Waals surface area contributed by atoms with Gasteiger partial charge in [0.2, 0.25) is 5.91 Å². The molecule has 0 unspecified atom stereocenters. The molecule has 14 heavy (non-hydrogen) atoms. The number of hydrogen-bond donors (Lipinski definition) is 2. The van der Waals surface area contributed by atoms with Crippen molar-refractivity contribution in [3.63, 3.8) is 0 Å². The smallest absolute Gasteiger partial charge is 0.248 e. The SMILES string of the molecule is CCCCc1cc(N)ccc1C(N)=O. The molecule has 0 aromatic heterocycles. The molecular formula is C11H16N2O. The number of aryl methyl sites for hydroxylation is 1. The Labute approximate surface area is 84.1 Å². The first-order valence-corrected chi connectivity index (χ1v) is 4.83. The van der Waals surface area contributed by atoms with Crippen LogP contribution < -0.4 is 11.5 Å². The number of carbonyl (C=O) groups excluding carboxylic acids is 1. The van der Waals surface area contributed by atoms with Crippen LogP contribution in [0.3, 0.4) is 0 Å². The van der Waals surface area contributed by atoms with Gasteiger partial charge >= 0.3 is 0 Å². The zero-order chi connectivity index (χ0) is 10.6. The van der Waals surface area contributed by atoms with Gasteiger partial charge in [-0.05, 0) is 36.6 Å². The van der Waals surface area contributed by atoms with Crippen molar-refractivity contribution in [2.45, 2.75) is 26.2 Å². The molecule has 0 saturated heterocycles. The Balaban J connectivity index is 2.97. The van der Waals surface area contributed by atoms with Gasteiger partial charge in [-0.25, -0.2) is 0 Å². The molecule has 1 amide bonds. The molecule has 76 valence electrons. The van der Waals surface area contributed by atoms with E-state index < -0.39 is 0 Å². The predicted octanol–water partition coefficient (Wildman–Crippen LogP) is 1.71. The van der Waals surface area contributed by atoms with Crippen LogP contribution in [0.1, 0.15) is 35.7 Å². The fourth-order valence-electron chi connectivity index (χ4n) is 1.43. The summed E-state index contributed by atoms with van der Waals surface area (Å²) in [5.41, 5.74) is 13.1. The Morgan fingerprint density at radius 3 is 2.71 bits per heavy atom. The zero-order valence-corrected chi connectivity index (χ0v) is 8.42. The standard InChI is InChI=1S/C11H16N2O/c1-2-3-4-8-7-9(12)5-6-10(8)11(13)14/h5-7H,2-4,12H2,1H3,(H2,13,14). The quantitative estimate of drug-likeness (QED) is 0.713. The van der Waals surface area contributed by atoms with Gasteiger partial charge in [0.05, 0.1) is 0 Å². The van der Waals surface area contributed by atoms with Crippen molar-refractivity contribution in [1.82, 2.24) is 0 Å². The first-order valence-electron chi connectivity index (χ1n) is 4.83. The third-order valence-electron chi connectivity index (χ3n) is 2.19. The average molecular weight is 192 g/mol. The van der Waals surface area contributed by atoms with Crippen molar-refractivity contribution in [2.24, 2.45) is 5.73 Å². The molecule has 0 bridgehead atoms. The van der Waals surface area contributed by atoms with Crippen LogP contribution in [0.5, 0.6) is 0 Å². The van der Waals surface area contributed by atoms with Gasteiger partial charge < -0.3 is 11.5 Å². The van der Waals surface area contributed by atoms with Crippen LogP contribution in [-0.4, -0.2) is 5.91 Å². The van der Waals surface area contributed by atoms with Crippen LogP contribution in [0, 0.1) is 0 Å². The van der Waals surface area contributed by atoms with E-state index in [1.165, 1.54) is 0 Å². The number of nitrogen functional groups attached to an aromatic ring is 1. The molecule has 0 heterocycles. The van der Waals surface area contributed by atoms with E-state index in [0.717, 1.165) is 24.8 Å². The minimum Gasteiger partial charge on any atom is -0.399 e. The van der Waals surface area contributed by atoms with Gasteiger partial charge in [0, 0.05) is 11.3 Å². The fraction of sp³-hybridized carbons (Fsp3) is 0.364. The topological polar surface area (TPSA) is 69.1 Å². The summed E-state index contributed by atoms with van der Waals surface area (Å²) in [6, 6.07) is 5.23. The van der Waals surface area contributed by atoms with Crippen molar-refractivity contribution in [3.8, 4) is 0 Å². The first kappa shape index (κ1) is 10.6. The molecule has 0 aliphatic rings. The second-order valence-electron chi connectivity index (χ2n) is 3.38. The van der Waals surface area contributed by atoms with Crippen molar-refractivity contribution in [2.75, 3.05) is 5.73 Å². The molecule has 0 fully saturated rings. The van der Waals surface area contributed by atoms with Gasteiger partial charge in [-0.15, -0.1) is 0 Å². The maximum atomic E-state index is 11.1. The van der Waals surface area contributed by atoms with E-state index in [-0.39, 0.29) is 5.91 Å². The van der Waals surface area contributed by atoms with E-state index >= 15 is 0 Å². The number of rotatable bonds is 4. The number of amides is 1. The van der Waals surface area contributed by atoms with Gasteiger partial charge in [-0.3, -0.25) is 4.79 Å². The van der Waals surface area contributed by atoms with E-state index in [4.69, 9.17) is 11.5 Å². The molecule has 0 saturated carbocycles. The zero-order valence-electron chi connectivity index (χ0n) is 8.42. The summed E-state index contributed by atoms with van der Waals surface area (Å²) in [6.07, 6.45) is 3.00. The highest BCUT2D eigenvalue weighted by Crippen LogP contribution is 2.15. The number of primary amides is 1. The normalized spacial score (nSPS) is 10.1. The molecule has 0 spiro atoms. The van der Waals surface area contributed by atoms with Crippen LogP contribution >= 0.6 is 0 Å². The van der Waals surface area contributed by atoms with E-state index in [0.29, 0.717) is 11.3 Å². The molecule has 1 aromatic carbocycles. The maximum absolute atomic E-state index is 11.1. The summed E-state index contributed by atoms with van der Waals surface area (Å²) >= 11 is 0. The van der Waals surface area contributed by atoms with E-state index in [9.17, 15) is 4.79 Å². The van der Waals surface area contributed by atoms with Gasteiger partial charge in [0.25, 0.3) is 0 Å². The average Bonchev–Trinajstić information content (AvgIpc) is 2.14. The molecule has 1 aromatic rings. The fourth-order valence-corrected chi connectivity index (χ4v) is 1.43. The highest BCUT2D eigenvalue weighted by atomic mass is 16.1. The minimum atomic E-state index is -0.379. The number of unbranched alkanes of at least 4 members (excludes halogenated alkanes) is 1. The molecule has 0 radical (unpaired) electrons. The lowest BCUT2D eigenvalue weighted by Crippen LogP contribution is -2.14. The van der Waals surface area contributed by atoms with E-state index in [1.807, 2.05) is 6.07 Å². The number of hydrogen-bond acceptors (Lipinski definition) is 2. The van der Waals surface area contributed by atoms with Crippen molar-refractivity contribution < 1.29 is 4.79 Å². The molecule has 4 N–H and O–H groups in total. The Morgan fingerprint density at radius 1 is 1.43 bits per heavy atom. The maximum Gasteiger partial charge on any atom is 0.248 e. The van der Waals surface area contributed by atoms with Crippen LogP contribution in [0.25, 0.3) is 0 Å². The highest BCUT2D eigenvalue weighted by molar-refractivity contribution is 5.94. The summed E-state index contributed by atoms with van der Waals surface area (Å²) in [6.45, 7) is 2.11. The molecule has 3 nitrogen and oxygen atoms in total. The van der Waals surface area contributed by atoms with Crippen LogP contribution in [0.2, 0.25) is 0 Å². The van der Waals surface area contributed by atoms with Crippen molar-refractivity contribution in [3.05, 3.63) is 29.3 Å². The Hall–Kier alpha value is -1.51. The van der Waals surface area contributed by atoms with Gasteiger partial charge in [0.15, 0.2) is 0 Å². The summed E-state index contributed by atoms with van der Waals surface area (Å²) in [7, 11) is 0. The highest BCUT2D eigenvalue weighted by Gasteiger charge is 2.07. The second kappa shape index (κ2) is 4.65. The third kappa shape index (κ3) is 2.49. The molecular weight excluding hydrogens is 176 g/mol. The third-order valence-corrected chi connectivity index (χ3v) is 2.19. The first-order chi connectivity index (χ1) is 6.65. The lowest BCUT2D eigenvalue weighted by Gasteiger charge is -2.06. The lowest BCUT2D eigenvalue weighted by molar-refractivity contribution is 0.0999. The van der Waals surface area contributed by atoms with E-state index in [1.54, 1.807) is 12.1 Å².